The number of hydrogen-bond donors (Lipinski definition) is 3. The summed E-state index contributed by atoms with van der Waals surface area (Å²) >= 11 is 0. The molecule has 112 valence electrons. The van der Waals surface area contributed by atoms with Crippen LogP contribution < -0.4 is 15.4 Å². The molecule has 1 rings (SSSR count). The van der Waals surface area contributed by atoms with E-state index in [1.165, 1.54) is 5.56 Å². The van der Waals surface area contributed by atoms with Crippen LogP contribution in [0.15, 0.2) is 18.2 Å². The second kappa shape index (κ2) is 8.55. The molecular formula is C15H24N2O3. The normalized spacial score (nSPS) is 12.0. The summed E-state index contributed by atoms with van der Waals surface area (Å²) in [5.41, 5.74) is 2.25. The molecule has 0 bridgehead atoms. The van der Waals surface area contributed by atoms with Gasteiger partial charge < -0.3 is 20.5 Å². The van der Waals surface area contributed by atoms with Crippen molar-refractivity contribution in [2.45, 2.75) is 26.4 Å². The number of nitrogens with one attached hydrogen (secondary N) is 2. The summed E-state index contributed by atoms with van der Waals surface area (Å²) < 4.78 is 5.58. The van der Waals surface area contributed by atoms with E-state index in [1.807, 2.05) is 32.0 Å². The molecule has 0 saturated carbocycles. The zero-order valence-electron chi connectivity index (χ0n) is 12.4. The van der Waals surface area contributed by atoms with E-state index in [9.17, 15) is 9.90 Å². The van der Waals surface area contributed by atoms with E-state index in [0.29, 0.717) is 19.5 Å². The zero-order chi connectivity index (χ0) is 15.0. The Balaban J connectivity index is 2.22. The van der Waals surface area contributed by atoms with E-state index in [2.05, 4.69) is 10.6 Å². The van der Waals surface area contributed by atoms with Crippen molar-refractivity contribution in [1.29, 1.82) is 0 Å². The van der Waals surface area contributed by atoms with E-state index >= 15 is 0 Å². The first-order chi connectivity index (χ1) is 9.52. The average molecular weight is 280 g/mol. The molecule has 1 aromatic rings. The Morgan fingerprint density at radius 3 is 2.80 bits per heavy atom. The molecule has 0 aliphatic rings. The molecule has 0 fully saturated rings. The fourth-order valence-electron chi connectivity index (χ4n) is 1.80. The SMILES string of the molecule is CNC(=O)CCNCC(O)COc1ccc(C)cc1C. The van der Waals surface area contributed by atoms with Crippen molar-refractivity contribution in [2.24, 2.45) is 0 Å². The maximum absolute atomic E-state index is 11.0. The Labute approximate surface area is 120 Å². The molecule has 5 heteroatoms. The van der Waals surface area contributed by atoms with Crippen LogP contribution in [0.25, 0.3) is 0 Å². The molecule has 1 aromatic carbocycles. The maximum atomic E-state index is 11.0. The lowest BCUT2D eigenvalue weighted by atomic mass is 10.1. The molecule has 3 N–H and O–H groups in total. The molecule has 1 atom stereocenters. The third kappa shape index (κ3) is 6.04. The van der Waals surface area contributed by atoms with E-state index < -0.39 is 6.10 Å². The third-order valence-electron chi connectivity index (χ3n) is 2.95. The van der Waals surface area contributed by atoms with E-state index in [4.69, 9.17) is 4.74 Å². The van der Waals surface area contributed by atoms with Crippen molar-refractivity contribution in [3.63, 3.8) is 0 Å². The molecule has 0 aromatic heterocycles. The van der Waals surface area contributed by atoms with Crippen LogP contribution in [0.5, 0.6) is 5.75 Å². The third-order valence-corrected chi connectivity index (χ3v) is 2.95. The molecule has 1 amide bonds. The van der Waals surface area contributed by atoms with Gasteiger partial charge in [-0.3, -0.25) is 4.79 Å². The molecular weight excluding hydrogens is 256 g/mol. The van der Waals surface area contributed by atoms with Gasteiger partial charge in [-0.2, -0.15) is 0 Å². The van der Waals surface area contributed by atoms with Gasteiger partial charge in [-0.25, -0.2) is 0 Å². The van der Waals surface area contributed by atoms with Crippen molar-refractivity contribution in [3.05, 3.63) is 29.3 Å². The number of rotatable bonds is 8. The summed E-state index contributed by atoms with van der Waals surface area (Å²) in [6, 6.07) is 5.94. The second-order valence-electron chi connectivity index (χ2n) is 4.86. The first-order valence-electron chi connectivity index (χ1n) is 6.82. The van der Waals surface area contributed by atoms with Crippen LogP contribution >= 0.6 is 0 Å². The summed E-state index contributed by atoms with van der Waals surface area (Å²) in [5.74, 6) is 0.776. The van der Waals surface area contributed by atoms with Crippen LogP contribution in [-0.2, 0) is 4.79 Å². The highest BCUT2D eigenvalue weighted by Gasteiger charge is 2.07. The molecule has 0 aliphatic carbocycles. The number of ether oxygens (including phenoxy) is 1. The van der Waals surface area contributed by atoms with Gasteiger partial charge in [0, 0.05) is 26.6 Å². The number of hydrogen-bond acceptors (Lipinski definition) is 4. The molecule has 0 heterocycles. The van der Waals surface area contributed by atoms with Gasteiger partial charge in [-0.05, 0) is 25.5 Å². The predicted molar refractivity (Wildman–Crippen MR) is 79.0 cm³/mol. The first-order valence-corrected chi connectivity index (χ1v) is 6.82. The van der Waals surface area contributed by atoms with Gasteiger partial charge in [0.05, 0.1) is 0 Å². The average Bonchev–Trinajstić information content (AvgIpc) is 2.42. The van der Waals surface area contributed by atoms with Crippen LogP contribution in [0, 0.1) is 13.8 Å². The summed E-state index contributed by atoms with van der Waals surface area (Å²) in [5, 5.41) is 15.4. The summed E-state index contributed by atoms with van der Waals surface area (Å²) in [6.07, 6.45) is -0.193. The predicted octanol–water partition coefficient (Wildman–Crippen LogP) is 0.769. The highest BCUT2D eigenvalue weighted by Crippen LogP contribution is 2.18. The minimum Gasteiger partial charge on any atom is -0.491 e. The van der Waals surface area contributed by atoms with Crippen molar-refractivity contribution < 1.29 is 14.6 Å². The van der Waals surface area contributed by atoms with Crippen molar-refractivity contribution in [2.75, 3.05) is 26.7 Å². The van der Waals surface area contributed by atoms with Gasteiger partial charge in [0.1, 0.15) is 18.5 Å². The Hall–Kier alpha value is -1.59. The topological polar surface area (TPSA) is 70.6 Å². The molecule has 0 radical (unpaired) electrons. The standard InChI is InChI=1S/C15H24N2O3/c1-11-4-5-14(12(2)8-11)20-10-13(18)9-17-7-6-15(19)16-3/h4-5,8,13,17-18H,6-7,9-10H2,1-3H3,(H,16,19). The molecule has 20 heavy (non-hydrogen) atoms. The minimum atomic E-state index is -0.597. The van der Waals surface area contributed by atoms with Gasteiger partial charge in [0.2, 0.25) is 5.91 Å². The van der Waals surface area contributed by atoms with E-state index in [-0.39, 0.29) is 12.5 Å². The fourth-order valence-corrected chi connectivity index (χ4v) is 1.80. The van der Waals surface area contributed by atoms with Crippen molar-refractivity contribution in [1.82, 2.24) is 10.6 Å². The molecule has 0 saturated heterocycles. The van der Waals surface area contributed by atoms with E-state index in [0.717, 1.165) is 11.3 Å². The number of carbonyl (C=O) groups excluding carboxylic acids is 1. The molecule has 0 spiro atoms. The number of amides is 1. The van der Waals surface area contributed by atoms with Gasteiger partial charge >= 0.3 is 0 Å². The Morgan fingerprint density at radius 1 is 1.40 bits per heavy atom. The van der Waals surface area contributed by atoms with Crippen LogP contribution in [-0.4, -0.2) is 43.9 Å². The Bertz CT molecular complexity index is 435. The van der Waals surface area contributed by atoms with Crippen LogP contribution in [0.4, 0.5) is 0 Å². The molecule has 5 nitrogen and oxygen atoms in total. The number of carbonyl (C=O) groups is 1. The lowest BCUT2D eigenvalue weighted by molar-refractivity contribution is -0.120. The zero-order valence-corrected chi connectivity index (χ0v) is 12.4. The molecule has 0 aliphatic heterocycles. The second-order valence-corrected chi connectivity index (χ2v) is 4.86. The number of benzene rings is 1. The van der Waals surface area contributed by atoms with Crippen LogP contribution in [0.2, 0.25) is 0 Å². The van der Waals surface area contributed by atoms with Crippen molar-refractivity contribution in [3.8, 4) is 5.75 Å². The number of aryl methyl sites for hydroxylation is 2. The van der Waals surface area contributed by atoms with Crippen LogP contribution in [0.1, 0.15) is 17.5 Å². The maximum Gasteiger partial charge on any atom is 0.221 e. The molecule has 1 unspecified atom stereocenters. The van der Waals surface area contributed by atoms with Crippen LogP contribution in [0.3, 0.4) is 0 Å². The lowest BCUT2D eigenvalue weighted by Crippen LogP contribution is -2.33. The quantitative estimate of drug-likeness (QED) is 0.615. The first kappa shape index (κ1) is 16.5. The highest BCUT2D eigenvalue weighted by atomic mass is 16.5. The largest absolute Gasteiger partial charge is 0.491 e. The summed E-state index contributed by atoms with van der Waals surface area (Å²) in [7, 11) is 1.61. The summed E-state index contributed by atoms with van der Waals surface area (Å²) in [6.45, 7) is 5.19. The number of aliphatic hydroxyl groups is 1. The Kier molecular flexibility index (Phi) is 7.04. The number of aliphatic hydroxyl groups excluding tert-OH is 1. The van der Waals surface area contributed by atoms with Crippen molar-refractivity contribution >= 4 is 5.91 Å². The fraction of sp³-hybridized carbons (Fsp3) is 0.533. The van der Waals surface area contributed by atoms with Gasteiger partial charge in [-0.15, -0.1) is 0 Å². The van der Waals surface area contributed by atoms with Gasteiger partial charge in [-0.1, -0.05) is 17.7 Å². The highest BCUT2D eigenvalue weighted by molar-refractivity contribution is 5.75. The lowest BCUT2D eigenvalue weighted by Gasteiger charge is -2.14. The Morgan fingerprint density at radius 2 is 2.15 bits per heavy atom. The monoisotopic (exact) mass is 280 g/mol. The van der Waals surface area contributed by atoms with Gasteiger partial charge in [0.25, 0.3) is 0 Å². The smallest absolute Gasteiger partial charge is 0.221 e. The minimum absolute atomic E-state index is 0.0153. The summed E-state index contributed by atoms with van der Waals surface area (Å²) in [4.78, 5) is 11.0. The van der Waals surface area contributed by atoms with E-state index in [1.54, 1.807) is 7.05 Å². The van der Waals surface area contributed by atoms with Gasteiger partial charge in [0.15, 0.2) is 0 Å².